The molecule has 0 bridgehead atoms. The number of likely N-dealkylation sites (tertiary alicyclic amines) is 2. The van der Waals surface area contributed by atoms with Crippen LogP contribution in [0.2, 0.25) is 5.02 Å². The molecule has 2 heterocycles. The van der Waals surface area contributed by atoms with Crippen LogP contribution in [0, 0.1) is 17.8 Å². The van der Waals surface area contributed by atoms with Gasteiger partial charge >= 0.3 is 0 Å². The van der Waals surface area contributed by atoms with E-state index in [2.05, 4.69) is 0 Å². The molecule has 1 aromatic carbocycles. The van der Waals surface area contributed by atoms with Crippen LogP contribution >= 0.6 is 34.8 Å². The van der Waals surface area contributed by atoms with Crippen LogP contribution in [0.25, 0.3) is 0 Å². The monoisotopic (exact) mass is 510 g/mol. The van der Waals surface area contributed by atoms with Crippen LogP contribution in [0.1, 0.15) is 31.2 Å². The Morgan fingerprint density at radius 3 is 2.42 bits per heavy atom. The van der Waals surface area contributed by atoms with Crippen LogP contribution in [-0.4, -0.2) is 61.9 Å². The number of hydrogen-bond acceptors (Lipinski definition) is 5. The van der Waals surface area contributed by atoms with Gasteiger partial charge in [0.1, 0.15) is 5.75 Å². The molecular formula is C23H21Cl3N2O5. The van der Waals surface area contributed by atoms with Crippen molar-refractivity contribution in [1.29, 1.82) is 0 Å². The van der Waals surface area contributed by atoms with Gasteiger partial charge in [-0.1, -0.05) is 29.3 Å². The minimum atomic E-state index is -1.88. The molecule has 3 fully saturated rings. The number of nitrogens with zero attached hydrogens (tertiary/aromatic N) is 2. The summed E-state index contributed by atoms with van der Waals surface area (Å²) in [7, 11) is 1.33. The number of aromatic hydroxyl groups is 1. The third-order valence-corrected chi connectivity index (χ3v) is 9.46. The highest BCUT2D eigenvalue weighted by atomic mass is 35.5. The lowest BCUT2D eigenvalue weighted by Crippen LogP contribution is -2.60. The Kier molecular flexibility index (Phi) is 4.95. The second-order valence-corrected chi connectivity index (χ2v) is 10.8. The maximum Gasteiger partial charge on any atom is 0.253 e. The number of allylic oxidation sites excluding steroid dienone is 2. The van der Waals surface area contributed by atoms with Gasteiger partial charge in [-0.15, -0.1) is 23.2 Å². The second-order valence-electron chi connectivity index (χ2n) is 9.12. The molecule has 174 valence electrons. The normalized spacial score (nSPS) is 37.8. The molecule has 4 aliphatic rings. The Hall–Kier alpha value is -2.09. The lowest BCUT2D eigenvalue weighted by atomic mass is 9.56. The SMILES string of the molecule is CCN1C(=O)[C@H]2[C@H](CC=C3[C@H]2C[C@@]2(Cl)C(=O)N(C)C(=O)[C@@]2(Cl)[C@H]3c2ccc(O)cc2Cl)C1=O. The van der Waals surface area contributed by atoms with Gasteiger partial charge in [-0.25, -0.2) is 0 Å². The van der Waals surface area contributed by atoms with Crippen molar-refractivity contribution in [2.75, 3.05) is 13.6 Å². The number of phenols is 1. The van der Waals surface area contributed by atoms with Crippen molar-refractivity contribution in [2.45, 2.75) is 35.4 Å². The minimum absolute atomic E-state index is 0.0528. The lowest BCUT2D eigenvalue weighted by Gasteiger charge is -2.51. The summed E-state index contributed by atoms with van der Waals surface area (Å²) in [5, 5.41) is 10.0. The minimum Gasteiger partial charge on any atom is -0.508 e. The van der Waals surface area contributed by atoms with Crippen LogP contribution < -0.4 is 0 Å². The first-order chi connectivity index (χ1) is 15.5. The number of amides is 4. The molecule has 0 radical (unpaired) electrons. The number of alkyl halides is 2. The molecule has 1 aromatic rings. The number of benzene rings is 1. The molecule has 2 saturated heterocycles. The van der Waals surface area contributed by atoms with E-state index in [1.54, 1.807) is 13.0 Å². The van der Waals surface area contributed by atoms with Crippen LogP contribution in [-0.2, 0) is 19.2 Å². The van der Waals surface area contributed by atoms with Gasteiger partial charge in [0.25, 0.3) is 11.8 Å². The van der Waals surface area contributed by atoms with E-state index in [1.807, 2.05) is 6.08 Å². The fourth-order valence-corrected chi connectivity index (χ4v) is 7.51. The van der Waals surface area contributed by atoms with Gasteiger partial charge < -0.3 is 5.11 Å². The zero-order valence-corrected chi connectivity index (χ0v) is 20.1. The average molecular weight is 512 g/mol. The Labute approximate surface area is 205 Å². The van der Waals surface area contributed by atoms with Crippen LogP contribution in [0.5, 0.6) is 5.75 Å². The second kappa shape index (κ2) is 7.20. The van der Waals surface area contributed by atoms with Gasteiger partial charge in [0.2, 0.25) is 11.8 Å². The first kappa shape index (κ1) is 22.7. The molecule has 33 heavy (non-hydrogen) atoms. The largest absolute Gasteiger partial charge is 0.508 e. The van der Waals surface area contributed by atoms with Gasteiger partial charge in [0.15, 0.2) is 9.75 Å². The molecule has 10 heteroatoms. The van der Waals surface area contributed by atoms with Crippen molar-refractivity contribution in [3.8, 4) is 5.75 Å². The number of phenolic OH excluding ortho intramolecular Hbond substituents is 1. The summed E-state index contributed by atoms with van der Waals surface area (Å²) < 4.78 is 0. The van der Waals surface area contributed by atoms with E-state index in [0.717, 1.165) is 4.90 Å². The van der Waals surface area contributed by atoms with Crippen LogP contribution in [0.4, 0.5) is 0 Å². The van der Waals surface area contributed by atoms with Crippen molar-refractivity contribution in [2.24, 2.45) is 17.8 Å². The van der Waals surface area contributed by atoms with E-state index >= 15 is 0 Å². The smallest absolute Gasteiger partial charge is 0.253 e. The molecule has 2 aliphatic heterocycles. The third-order valence-electron chi connectivity index (χ3n) is 7.72. The molecule has 2 aliphatic carbocycles. The third kappa shape index (κ3) is 2.64. The number of carbonyl (C=O) groups excluding carboxylic acids is 4. The molecule has 1 saturated carbocycles. The quantitative estimate of drug-likeness (QED) is 0.374. The van der Waals surface area contributed by atoms with Crippen molar-refractivity contribution < 1.29 is 24.3 Å². The summed E-state index contributed by atoms with van der Waals surface area (Å²) >= 11 is 20.5. The molecule has 5 rings (SSSR count). The van der Waals surface area contributed by atoms with Crippen LogP contribution in [0.15, 0.2) is 29.8 Å². The highest BCUT2D eigenvalue weighted by Gasteiger charge is 2.76. The van der Waals surface area contributed by atoms with Gasteiger partial charge in [-0.3, -0.25) is 29.0 Å². The lowest BCUT2D eigenvalue weighted by molar-refractivity contribution is -0.141. The number of carbonyl (C=O) groups is 4. The van der Waals surface area contributed by atoms with Gasteiger partial charge in [-0.2, -0.15) is 0 Å². The maximum atomic E-state index is 13.4. The first-order valence-corrected chi connectivity index (χ1v) is 11.9. The number of rotatable bonds is 2. The summed E-state index contributed by atoms with van der Waals surface area (Å²) in [5.41, 5.74) is 1.09. The Morgan fingerprint density at radius 1 is 1.09 bits per heavy atom. The van der Waals surface area contributed by atoms with E-state index in [9.17, 15) is 24.3 Å². The number of fused-ring (bicyclic) bond motifs is 4. The Balaban J connectivity index is 1.75. The predicted octanol–water partition coefficient (Wildman–Crippen LogP) is 3.05. The van der Waals surface area contributed by atoms with Crippen LogP contribution in [0.3, 0.4) is 0 Å². The van der Waals surface area contributed by atoms with Gasteiger partial charge in [0, 0.05) is 24.5 Å². The van der Waals surface area contributed by atoms with E-state index in [-0.39, 0.29) is 35.6 Å². The highest BCUT2D eigenvalue weighted by molar-refractivity contribution is 6.53. The Bertz CT molecular complexity index is 1170. The molecule has 0 unspecified atom stereocenters. The zero-order valence-electron chi connectivity index (χ0n) is 17.8. The van der Waals surface area contributed by atoms with E-state index in [1.165, 1.54) is 24.1 Å². The van der Waals surface area contributed by atoms with Crippen molar-refractivity contribution in [3.63, 3.8) is 0 Å². The number of halogens is 3. The molecule has 1 N–H and O–H groups in total. The topological polar surface area (TPSA) is 95.0 Å². The summed E-state index contributed by atoms with van der Waals surface area (Å²) in [5.74, 6) is -4.64. The molecule has 4 amide bonds. The average Bonchev–Trinajstić information content (AvgIpc) is 3.09. The van der Waals surface area contributed by atoms with Gasteiger partial charge in [-0.05, 0) is 43.4 Å². The summed E-state index contributed by atoms with van der Waals surface area (Å²) in [4.78, 5) is 51.2. The predicted molar refractivity (Wildman–Crippen MR) is 121 cm³/mol. The summed E-state index contributed by atoms with van der Waals surface area (Å²) in [6.45, 7) is 1.99. The Morgan fingerprint density at radius 2 is 1.79 bits per heavy atom. The molecule has 0 spiro atoms. The fraction of sp³-hybridized carbons (Fsp3) is 0.478. The van der Waals surface area contributed by atoms with E-state index in [4.69, 9.17) is 34.8 Å². The van der Waals surface area contributed by atoms with E-state index in [0.29, 0.717) is 17.6 Å². The first-order valence-electron chi connectivity index (χ1n) is 10.7. The van der Waals surface area contributed by atoms with Crippen molar-refractivity contribution in [3.05, 3.63) is 40.4 Å². The number of imide groups is 2. The standard InChI is InChI=1S/C23H21Cl3N2O5/c1-3-28-18(30)13-7-6-11-14(16(13)19(28)31)9-22(25)20(32)27(2)21(33)23(22,26)17(11)12-5-4-10(29)8-15(12)24/h4-6,8,13-14,16-17,29H,3,7,9H2,1-2H3/t13-,14+,16-,17+,22+,23-/m0/s1. The molecule has 7 nitrogen and oxygen atoms in total. The molecule has 6 atom stereocenters. The summed E-state index contributed by atoms with van der Waals surface area (Å²) in [6, 6.07) is 4.30. The molecule has 0 aromatic heterocycles. The van der Waals surface area contributed by atoms with Crippen molar-refractivity contribution >= 4 is 58.4 Å². The molecular weight excluding hydrogens is 491 g/mol. The van der Waals surface area contributed by atoms with E-state index < -0.39 is 45.2 Å². The van der Waals surface area contributed by atoms with Crippen molar-refractivity contribution in [1.82, 2.24) is 9.80 Å². The maximum absolute atomic E-state index is 13.4. The number of hydrogen-bond donors (Lipinski definition) is 1. The highest BCUT2D eigenvalue weighted by Crippen LogP contribution is 2.65. The zero-order chi connectivity index (χ0) is 24.0. The summed E-state index contributed by atoms with van der Waals surface area (Å²) in [6.07, 6.45) is 2.10. The fourth-order valence-electron chi connectivity index (χ4n) is 6.22. The van der Waals surface area contributed by atoms with Gasteiger partial charge in [0.05, 0.1) is 11.8 Å².